The first-order valence-corrected chi connectivity index (χ1v) is 8.45. The Kier molecular flexibility index (Phi) is 4.04. The lowest BCUT2D eigenvalue weighted by Gasteiger charge is -2.53. The molecule has 120 valence electrons. The van der Waals surface area contributed by atoms with Gasteiger partial charge >= 0.3 is 5.97 Å². The van der Waals surface area contributed by atoms with Crippen LogP contribution in [-0.4, -0.2) is 24.4 Å². The van der Waals surface area contributed by atoms with Crippen LogP contribution in [0.25, 0.3) is 0 Å². The molecule has 4 fully saturated rings. The summed E-state index contributed by atoms with van der Waals surface area (Å²) in [7, 11) is 0. The fourth-order valence-corrected chi connectivity index (χ4v) is 4.70. The molecule has 0 aromatic carbocycles. The van der Waals surface area contributed by atoms with Gasteiger partial charge in [-0.05, 0) is 68.6 Å². The summed E-state index contributed by atoms with van der Waals surface area (Å²) in [5.41, 5.74) is 5.07. The van der Waals surface area contributed by atoms with Crippen LogP contribution in [0.4, 0.5) is 0 Å². The van der Waals surface area contributed by atoms with E-state index in [0.717, 1.165) is 11.8 Å². The van der Waals surface area contributed by atoms with Crippen molar-refractivity contribution in [1.29, 1.82) is 0 Å². The van der Waals surface area contributed by atoms with Crippen molar-refractivity contribution in [2.45, 2.75) is 64.5 Å². The van der Waals surface area contributed by atoms with Crippen LogP contribution in [0.1, 0.15) is 52.9 Å². The van der Waals surface area contributed by atoms with E-state index < -0.39 is 5.54 Å². The summed E-state index contributed by atoms with van der Waals surface area (Å²) < 4.78 is 11.3. The minimum atomic E-state index is -0.937. The normalized spacial score (nSPS) is 40.3. The Hall–Kier alpha value is -0.610. The van der Waals surface area contributed by atoms with Gasteiger partial charge in [-0.3, -0.25) is 0 Å². The lowest BCUT2D eigenvalue weighted by atomic mass is 9.55. The van der Waals surface area contributed by atoms with Crippen LogP contribution >= 0.6 is 0 Å². The lowest BCUT2D eigenvalue weighted by Crippen LogP contribution is -2.52. The van der Waals surface area contributed by atoms with Crippen LogP contribution in [0.15, 0.2) is 0 Å². The zero-order valence-corrected chi connectivity index (χ0v) is 13.5. The summed E-state index contributed by atoms with van der Waals surface area (Å²) >= 11 is 0. The van der Waals surface area contributed by atoms with Crippen LogP contribution in [0.5, 0.6) is 0 Å². The van der Waals surface area contributed by atoms with Crippen molar-refractivity contribution < 1.29 is 14.3 Å². The summed E-state index contributed by atoms with van der Waals surface area (Å²) in [5.74, 6) is 2.93. The van der Waals surface area contributed by atoms with Gasteiger partial charge < -0.3 is 15.2 Å². The number of ether oxygens (including phenoxy) is 2. The van der Waals surface area contributed by atoms with Crippen molar-refractivity contribution in [2.24, 2.45) is 35.3 Å². The van der Waals surface area contributed by atoms with Crippen molar-refractivity contribution >= 4 is 5.97 Å². The molecule has 4 aliphatic carbocycles. The second-order valence-electron chi connectivity index (χ2n) is 8.05. The van der Waals surface area contributed by atoms with Gasteiger partial charge in [-0.25, -0.2) is 4.79 Å². The Morgan fingerprint density at radius 3 is 2.14 bits per heavy atom. The molecule has 2 N–H and O–H groups in total. The topological polar surface area (TPSA) is 61.6 Å². The maximum atomic E-state index is 12.0. The molecule has 4 aliphatic rings. The number of hydrogen-bond donors (Lipinski definition) is 1. The van der Waals surface area contributed by atoms with Crippen molar-refractivity contribution in [3.8, 4) is 0 Å². The number of carbonyl (C=O) groups is 1. The van der Waals surface area contributed by atoms with Gasteiger partial charge in [0.25, 0.3) is 0 Å². The van der Waals surface area contributed by atoms with E-state index in [1.807, 2.05) is 13.8 Å². The highest BCUT2D eigenvalue weighted by Crippen LogP contribution is 2.54. The van der Waals surface area contributed by atoms with Gasteiger partial charge in [-0.15, -0.1) is 0 Å². The fourth-order valence-electron chi connectivity index (χ4n) is 4.70. The summed E-state index contributed by atoms with van der Waals surface area (Å²) in [6.45, 7) is 5.65. The first kappa shape index (κ1) is 15.3. The quantitative estimate of drug-likeness (QED) is 0.626. The number of hydrogen-bond acceptors (Lipinski definition) is 4. The average Bonchev–Trinajstić information content (AvgIpc) is 2.40. The van der Waals surface area contributed by atoms with E-state index in [4.69, 9.17) is 15.2 Å². The van der Waals surface area contributed by atoms with E-state index in [-0.39, 0.29) is 18.7 Å². The summed E-state index contributed by atoms with van der Waals surface area (Å²) in [4.78, 5) is 12.0. The first-order chi connectivity index (χ1) is 9.88. The highest BCUT2D eigenvalue weighted by molar-refractivity contribution is 5.80. The van der Waals surface area contributed by atoms with Gasteiger partial charge in [-0.2, -0.15) is 0 Å². The molecule has 4 bridgehead atoms. The van der Waals surface area contributed by atoms with Gasteiger partial charge in [0.05, 0.1) is 6.10 Å². The maximum absolute atomic E-state index is 12.0. The third kappa shape index (κ3) is 2.85. The lowest BCUT2D eigenvalue weighted by molar-refractivity contribution is -0.191. The zero-order chi connectivity index (χ0) is 15.2. The molecular formula is C17H29NO3. The van der Waals surface area contributed by atoms with E-state index in [9.17, 15) is 4.79 Å². The third-order valence-corrected chi connectivity index (χ3v) is 6.23. The summed E-state index contributed by atoms with van der Waals surface area (Å²) in [6.07, 6.45) is 6.99. The standard InChI is InChI=1S/C17H29NO3/c1-10(2)17(3,18)16(19)21-9-20-15-13-5-11-4-12(7-13)8-14(15)6-11/h10-15H,4-9,18H2,1-3H3. The van der Waals surface area contributed by atoms with E-state index in [2.05, 4.69) is 0 Å². The molecule has 0 saturated heterocycles. The van der Waals surface area contributed by atoms with Crippen molar-refractivity contribution in [2.75, 3.05) is 6.79 Å². The van der Waals surface area contributed by atoms with Crippen molar-refractivity contribution in [3.63, 3.8) is 0 Å². The van der Waals surface area contributed by atoms with E-state index >= 15 is 0 Å². The number of nitrogens with two attached hydrogens (primary N) is 1. The molecule has 4 saturated carbocycles. The van der Waals surface area contributed by atoms with Gasteiger partial charge in [0.15, 0.2) is 6.79 Å². The predicted octanol–water partition coefficient (Wildman–Crippen LogP) is 2.70. The van der Waals surface area contributed by atoms with Crippen molar-refractivity contribution in [1.82, 2.24) is 0 Å². The van der Waals surface area contributed by atoms with Crippen LogP contribution < -0.4 is 5.73 Å². The summed E-state index contributed by atoms with van der Waals surface area (Å²) in [5, 5.41) is 0. The highest BCUT2D eigenvalue weighted by atomic mass is 16.7. The molecule has 1 atom stereocenters. The Balaban J connectivity index is 1.49. The van der Waals surface area contributed by atoms with Crippen LogP contribution in [-0.2, 0) is 14.3 Å². The SMILES string of the molecule is CC(C)C(C)(N)C(=O)OCOC1C2CC3CC(C2)CC1C3. The predicted molar refractivity (Wildman–Crippen MR) is 80.3 cm³/mol. The molecule has 4 heteroatoms. The van der Waals surface area contributed by atoms with Gasteiger partial charge in [0, 0.05) is 0 Å². The van der Waals surface area contributed by atoms with Crippen molar-refractivity contribution in [3.05, 3.63) is 0 Å². The molecule has 0 aromatic heterocycles. The first-order valence-electron chi connectivity index (χ1n) is 8.45. The molecule has 4 nitrogen and oxygen atoms in total. The second-order valence-corrected chi connectivity index (χ2v) is 8.05. The molecule has 0 amide bonds. The molecule has 0 heterocycles. The van der Waals surface area contributed by atoms with Crippen LogP contribution in [0.2, 0.25) is 0 Å². The largest absolute Gasteiger partial charge is 0.437 e. The number of rotatable bonds is 5. The minimum Gasteiger partial charge on any atom is -0.437 e. The molecular weight excluding hydrogens is 266 g/mol. The second kappa shape index (κ2) is 5.54. The van der Waals surface area contributed by atoms with E-state index in [1.54, 1.807) is 6.92 Å². The van der Waals surface area contributed by atoms with Gasteiger partial charge in [0.2, 0.25) is 0 Å². The Labute approximate surface area is 127 Å². The highest BCUT2D eigenvalue weighted by Gasteiger charge is 2.49. The molecule has 0 radical (unpaired) electrons. The number of esters is 1. The Morgan fingerprint density at radius 1 is 1.14 bits per heavy atom. The molecule has 0 aliphatic heterocycles. The number of carbonyl (C=O) groups excluding carboxylic acids is 1. The zero-order valence-electron chi connectivity index (χ0n) is 13.5. The van der Waals surface area contributed by atoms with Crippen LogP contribution in [0, 0.1) is 29.6 Å². The summed E-state index contributed by atoms with van der Waals surface area (Å²) in [6, 6.07) is 0. The van der Waals surface area contributed by atoms with Gasteiger partial charge in [0.1, 0.15) is 5.54 Å². The smallest absolute Gasteiger partial charge is 0.328 e. The fraction of sp³-hybridized carbons (Fsp3) is 0.941. The molecule has 4 rings (SSSR count). The van der Waals surface area contributed by atoms with E-state index in [1.165, 1.54) is 32.1 Å². The van der Waals surface area contributed by atoms with Gasteiger partial charge in [-0.1, -0.05) is 13.8 Å². The molecule has 0 aromatic rings. The molecule has 1 unspecified atom stereocenters. The average molecular weight is 295 g/mol. The monoisotopic (exact) mass is 295 g/mol. The Bertz CT molecular complexity index is 377. The minimum absolute atomic E-state index is 0.0474. The maximum Gasteiger partial charge on any atom is 0.328 e. The molecule has 0 spiro atoms. The van der Waals surface area contributed by atoms with E-state index in [0.29, 0.717) is 17.9 Å². The third-order valence-electron chi connectivity index (χ3n) is 6.23. The Morgan fingerprint density at radius 2 is 1.67 bits per heavy atom. The molecule has 21 heavy (non-hydrogen) atoms. The van der Waals surface area contributed by atoms with Crippen LogP contribution in [0.3, 0.4) is 0 Å².